The third-order valence-corrected chi connectivity index (χ3v) is 5.09. The van der Waals surface area contributed by atoms with Gasteiger partial charge in [-0.3, -0.25) is 5.10 Å². The highest BCUT2D eigenvalue weighted by Crippen LogP contribution is 2.44. The molecular weight excluding hydrogens is 298 g/mol. The summed E-state index contributed by atoms with van der Waals surface area (Å²) in [6, 6.07) is 10.8. The van der Waals surface area contributed by atoms with E-state index in [1.807, 2.05) is 25.1 Å². The Balaban J connectivity index is 1.93. The van der Waals surface area contributed by atoms with Crippen LogP contribution in [0.2, 0.25) is 0 Å². The zero-order valence-electron chi connectivity index (χ0n) is 13.5. The molecule has 3 heterocycles. The molecule has 4 rings (SSSR count). The molecular formula is C19H17N5. The van der Waals surface area contributed by atoms with E-state index < -0.39 is 0 Å². The van der Waals surface area contributed by atoms with Crippen LogP contribution in [-0.2, 0) is 0 Å². The molecule has 5 heteroatoms. The monoisotopic (exact) mass is 315 g/mol. The van der Waals surface area contributed by atoms with Crippen molar-refractivity contribution in [1.82, 2.24) is 15.1 Å². The van der Waals surface area contributed by atoms with Crippen molar-refractivity contribution in [3.8, 4) is 12.1 Å². The first-order valence-electron chi connectivity index (χ1n) is 8.19. The van der Waals surface area contributed by atoms with Crippen LogP contribution < -0.4 is 0 Å². The van der Waals surface area contributed by atoms with Crippen LogP contribution in [-0.4, -0.2) is 21.6 Å². The SMILES string of the molecule is CC1=C(C#N)C(c2ccc3[nH]ncc3c2)C(C#N)=C2CCCCN12. The molecule has 2 aliphatic rings. The largest absolute Gasteiger partial charge is 0.347 e. The van der Waals surface area contributed by atoms with E-state index >= 15 is 0 Å². The minimum atomic E-state index is -0.274. The fourth-order valence-electron chi connectivity index (χ4n) is 3.90. The van der Waals surface area contributed by atoms with Crippen molar-refractivity contribution in [3.05, 3.63) is 52.5 Å². The van der Waals surface area contributed by atoms with E-state index in [1.165, 1.54) is 0 Å². The van der Waals surface area contributed by atoms with Gasteiger partial charge in [0.15, 0.2) is 0 Å². The van der Waals surface area contributed by atoms with E-state index in [0.717, 1.165) is 59.2 Å². The molecule has 0 saturated carbocycles. The van der Waals surface area contributed by atoms with Gasteiger partial charge in [-0.05, 0) is 43.9 Å². The molecule has 5 nitrogen and oxygen atoms in total. The Bertz CT molecular complexity index is 964. The Morgan fingerprint density at radius 3 is 2.83 bits per heavy atom. The molecule has 2 aromatic rings. The standard InChI is InChI=1S/C19H17N5/c1-12-15(9-20)19(13-5-6-17-14(8-13)11-22-23-17)16(10-21)18-4-2-3-7-24(12)18/h5-6,8,11,19H,2-4,7H2,1H3,(H,22,23). The minimum Gasteiger partial charge on any atom is -0.347 e. The van der Waals surface area contributed by atoms with Crippen molar-refractivity contribution >= 4 is 10.9 Å². The van der Waals surface area contributed by atoms with Crippen LogP contribution >= 0.6 is 0 Å². The summed E-state index contributed by atoms with van der Waals surface area (Å²) in [5.74, 6) is -0.274. The number of rotatable bonds is 1. The molecule has 1 unspecified atom stereocenters. The second-order valence-corrected chi connectivity index (χ2v) is 6.34. The zero-order chi connectivity index (χ0) is 16.7. The normalized spacial score (nSPS) is 20.8. The van der Waals surface area contributed by atoms with Crippen LogP contribution in [0.3, 0.4) is 0 Å². The summed E-state index contributed by atoms with van der Waals surface area (Å²) in [4.78, 5) is 2.17. The average Bonchev–Trinajstić information content (AvgIpc) is 3.09. The van der Waals surface area contributed by atoms with Crippen LogP contribution in [0, 0.1) is 22.7 Å². The molecule has 1 N–H and O–H groups in total. The lowest BCUT2D eigenvalue weighted by Gasteiger charge is -2.39. The van der Waals surface area contributed by atoms with Crippen molar-refractivity contribution in [2.24, 2.45) is 0 Å². The molecule has 2 aliphatic heterocycles. The number of nitrogens with one attached hydrogen (secondary N) is 1. The van der Waals surface area contributed by atoms with E-state index in [4.69, 9.17) is 0 Å². The Morgan fingerprint density at radius 2 is 2.04 bits per heavy atom. The Labute approximate surface area is 140 Å². The van der Waals surface area contributed by atoms with Crippen LogP contribution in [0.5, 0.6) is 0 Å². The molecule has 1 aromatic carbocycles. The number of hydrogen-bond donors (Lipinski definition) is 1. The molecule has 0 amide bonds. The summed E-state index contributed by atoms with van der Waals surface area (Å²) in [7, 11) is 0. The topological polar surface area (TPSA) is 79.5 Å². The second kappa shape index (κ2) is 5.54. The third-order valence-electron chi connectivity index (χ3n) is 5.09. The van der Waals surface area contributed by atoms with Crippen molar-refractivity contribution in [3.63, 3.8) is 0 Å². The summed E-state index contributed by atoms with van der Waals surface area (Å²) in [5, 5.41) is 27.6. The molecule has 1 aromatic heterocycles. The number of hydrogen-bond acceptors (Lipinski definition) is 4. The summed E-state index contributed by atoms with van der Waals surface area (Å²) in [5.41, 5.74) is 5.43. The van der Waals surface area contributed by atoms with Gasteiger partial charge in [0.25, 0.3) is 0 Å². The molecule has 0 aliphatic carbocycles. The van der Waals surface area contributed by atoms with Crippen molar-refractivity contribution in [2.45, 2.75) is 32.1 Å². The third kappa shape index (κ3) is 2.02. The number of nitriles is 2. The molecule has 0 radical (unpaired) electrons. The maximum Gasteiger partial charge on any atom is 0.0975 e. The number of H-pyrrole nitrogens is 1. The van der Waals surface area contributed by atoms with Gasteiger partial charge in [0.2, 0.25) is 0 Å². The maximum absolute atomic E-state index is 9.85. The first-order valence-corrected chi connectivity index (χ1v) is 8.19. The van der Waals surface area contributed by atoms with E-state index in [2.05, 4.69) is 27.2 Å². The molecule has 0 bridgehead atoms. The maximum atomic E-state index is 9.85. The van der Waals surface area contributed by atoms with Crippen LogP contribution in [0.4, 0.5) is 0 Å². The summed E-state index contributed by atoms with van der Waals surface area (Å²) >= 11 is 0. The lowest BCUT2D eigenvalue weighted by atomic mass is 9.79. The Morgan fingerprint density at radius 1 is 1.21 bits per heavy atom. The van der Waals surface area contributed by atoms with Gasteiger partial charge in [-0.25, -0.2) is 0 Å². The van der Waals surface area contributed by atoms with Crippen molar-refractivity contribution in [2.75, 3.05) is 6.54 Å². The van der Waals surface area contributed by atoms with Gasteiger partial charge >= 0.3 is 0 Å². The fraction of sp³-hybridized carbons (Fsp3) is 0.316. The van der Waals surface area contributed by atoms with E-state index in [1.54, 1.807) is 6.20 Å². The van der Waals surface area contributed by atoms with Gasteiger partial charge in [0, 0.05) is 23.3 Å². The van der Waals surface area contributed by atoms with E-state index in [0.29, 0.717) is 5.57 Å². The lowest BCUT2D eigenvalue weighted by molar-refractivity contribution is 0.337. The highest BCUT2D eigenvalue weighted by Gasteiger charge is 2.35. The summed E-state index contributed by atoms with van der Waals surface area (Å²) in [6.45, 7) is 2.90. The van der Waals surface area contributed by atoms with E-state index in [-0.39, 0.29) is 5.92 Å². The number of allylic oxidation sites excluding steroid dienone is 4. The molecule has 1 atom stereocenters. The molecule has 24 heavy (non-hydrogen) atoms. The average molecular weight is 315 g/mol. The predicted molar refractivity (Wildman–Crippen MR) is 90.3 cm³/mol. The Kier molecular flexibility index (Phi) is 3.36. The lowest BCUT2D eigenvalue weighted by Crippen LogP contribution is -2.33. The Hall–Kier alpha value is -3.05. The van der Waals surface area contributed by atoms with Gasteiger partial charge < -0.3 is 4.90 Å². The van der Waals surface area contributed by atoms with Gasteiger partial charge in [-0.1, -0.05) is 6.07 Å². The van der Waals surface area contributed by atoms with Gasteiger partial charge in [-0.15, -0.1) is 0 Å². The number of aromatic nitrogens is 2. The van der Waals surface area contributed by atoms with E-state index in [9.17, 15) is 10.5 Å². The summed E-state index contributed by atoms with van der Waals surface area (Å²) < 4.78 is 0. The van der Waals surface area contributed by atoms with Crippen LogP contribution in [0.1, 0.15) is 37.7 Å². The second-order valence-electron chi connectivity index (χ2n) is 6.34. The summed E-state index contributed by atoms with van der Waals surface area (Å²) in [6.07, 6.45) is 4.88. The minimum absolute atomic E-state index is 0.274. The number of nitrogens with zero attached hydrogens (tertiary/aromatic N) is 4. The number of fused-ring (bicyclic) bond motifs is 2. The van der Waals surface area contributed by atoms with Gasteiger partial charge in [0.1, 0.15) is 0 Å². The first-order chi connectivity index (χ1) is 11.7. The molecule has 118 valence electrons. The molecule has 1 saturated heterocycles. The molecule has 1 fully saturated rings. The smallest absolute Gasteiger partial charge is 0.0975 e. The highest BCUT2D eigenvalue weighted by molar-refractivity contribution is 5.79. The van der Waals surface area contributed by atoms with Crippen molar-refractivity contribution in [1.29, 1.82) is 10.5 Å². The fourth-order valence-corrected chi connectivity index (χ4v) is 3.90. The van der Waals surface area contributed by atoms with Crippen LogP contribution in [0.15, 0.2) is 46.9 Å². The van der Waals surface area contributed by atoms with Crippen molar-refractivity contribution < 1.29 is 0 Å². The quantitative estimate of drug-likeness (QED) is 0.869. The zero-order valence-corrected chi connectivity index (χ0v) is 13.5. The van der Waals surface area contributed by atoms with Gasteiger partial charge in [0.05, 0.1) is 40.9 Å². The number of aromatic amines is 1. The van der Waals surface area contributed by atoms with Crippen LogP contribution in [0.25, 0.3) is 10.9 Å². The number of piperidine rings is 1. The van der Waals surface area contributed by atoms with Gasteiger partial charge in [-0.2, -0.15) is 15.6 Å². The predicted octanol–water partition coefficient (Wildman–Crippen LogP) is 3.72. The number of benzene rings is 1. The first kappa shape index (κ1) is 14.5. The molecule has 0 spiro atoms. The highest BCUT2D eigenvalue weighted by atomic mass is 15.2.